The van der Waals surface area contributed by atoms with Crippen LogP contribution in [-0.2, 0) is 9.53 Å². The van der Waals surface area contributed by atoms with Gasteiger partial charge in [-0.2, -0.15) is 0 Å². The van der Waals surface area contributed by atoms with Crippen LogP contribution in [0.25, 0.3) is 0 Å². The van der Waals surface area contributed by atoms with Crippen molar-refractivity contribution in [2.75, 3.05) is 59.2 Å². The third-order valence-electron chi connectivity index (χ3n) is 2.56. The van der Waals surface area contributed by atoms with E-state index < -0.39 is 0 Å². The molecule has 1 heterocycles. The van der Waals surface area contributed by atoms with Crippen molar-refractivity contribution < 1.29 is 19.7 Å². The fourth-order valence-electron chi connectivity index (χ4n) is 1.66. The van der Waals surface area contributed by atoms with Crippen molar-refractivity contribution in [1.82, 2.24) is 9.80 Å². The molecule has 1 saturated heterocycles. The van der Waals surface area contributed by atoms with Crippen LogP contribution in [0.3, 0.4) is 0 Å². The van der Waals surface area contributed by atoms with Crippen LogP contribution in [0, 0.1) is 0 Å². The molecule has 0 unspecified atom stereocenters. The Bertz CT molecular complexity index is 201. The monoisotopic (exact) mass is 232 g/mol. The standard InChI is InChI=1S/C10H20N2O4/c13-5-1-11(2-6-14)9-10(15)12-3-7-16-8-4-12/h13-14H,1-9H2. The molecule has 0 atom stereocenters. The summed E-state index contributed by atoms with van der Waals surface area (Å²) in [7, 11) is 0. The molecule has 0 radical (unpaired) electrons. The predicted octanol–water partition coefficient (Wildman–Crippen LogP) is -1.87. The molecule has 0 aromatic carbocycles. The van der Waals surface area contributed by atoms with E-state index in [0.29, 0.717) is 39.4 Å². The van der Waals surface area contributed by atoms with E-state index in [2.05, 4.69) is 0 Å². The van der Waals surface area contributed by atoms with Crippen LogP contribution in [0.2, 0.25) is 0 Å². The lowest BCUT2D eigenvalue weighted by atomic mass is 10.3. The Morgan fingerprint density at radius 1 is 1.19 bits per heavy atom. The SMILES string of the molecule is O=C(CN(CCO)CCO)N1CCOCC1. The summed E-state index contributed by atoms with van der Waals surface area (Å²) >= 11 is 0. The molecule has 0 aromatic heterocycles. The molecule has 94 valence electrons. The van der Waals surface area contributed by atoms with Crippen molar-refractivity contribution in [1.29, 1.82) is 0 Å². The predicted molar refractivity (Wildman–Crippen MR) is 58.0 cm³/mol. The maximum absolute atomic E-state index is 11.8. The first kappa shape index (κ1) is 13.4. The van der Waals surface area contributed by atoms with E-state index in [-0.39, 0.29) is 25.7 Å². The van der Waals surface area contributed by atoms with Gasteiger partial charge in [-0.3, -0.25) is 9.69 Å². The lowest BCUT2D eigenvalue weighted by Gasteiger charge is -2.29. The van der Waals surface area contributed by atoms with Crippen molar-refractivity contribution >= 4 is 5.91 Å². The summed E-state index contributed by atoms with van der Waals surface area (Å²) in [4.78, 5) is 15.3. The maximum Gasteiger partial charge on any atom is 0.236 e. The van der Waals surface area contributed by atoms with Gasteiger partial charge in [-0.25, -0.2) is 0 Å². The lowest BCUT2D eigenvalue weighted by molar-refractivity contribution is -0.136. The van der Waals surface area contributed by atoms with Crippen molar-refractivity contribution in [2.45, 2.75) is 0 Å². The van der Waals surface area contributed by atoms with Crippen molar-refractivity contribution in [3.8, 4) is 0 Å². The van der Waals surface area contributed by atoms with E-state index in [1.807, 2.05) is 0 Å². The highest BCUT2D eigenvalue weighted by molar-refractivity contribution is 5.78. The molecular weight excluding hydrogens is 212 g/mol. The smallest absolute Gasteiger partial charge is 0.236 e. The van der Waals surface area contributed by atoms with E-state index >= 15 is 0 Å². The van der Waals surface area contributed by atoms with Gasteiger partial charge in [0.15, 0.2) is 0 Å². The largest absolute Gasteiger partial charge is 0.395 e. The number of hydrogen-bond donors (Lipinski definition) is 2. The number of aliphatic hydroxyl groups excluding tert-OH is 2. The van der Waals surface area contributed by atoms with Crippen LogP contribution in [-0.4, -0.2) is 85.1 Å². The molecule has 0 spiro atoms. The van der Waals surface area contributed by atoms with E-state index in [9.17, 15) is 4.79 Å². The number of rotatable bonds is 6. The van der Waals surface area contributed by atoms with Crippen LogP contribution in [0.15, 0.2) is 0 Å². The first-order chi connectivity index (χ1) is 7.77. The number of aliphatic hydroxyl groups is 2. The normalized spacial score (nSPS) is 16.8. The van der Waals surface area contributed by atoms with Crippen LogP contribution in [0.5, 0.6) is 0 Å². The number of nitrogens with zero attached hydrogens (tertiary/aromatic N) is 2. The second kappa shape index (κ2) is 7.56. The molecule has 1 aliphatic rings. The summed E-state index contributed by atoms with van der Waals surface area (Å²) in [5.41, 5.74) is 0. The Kier molecular flexibility index (Phi) is 6.32. The van der Waals surface area contributed by atoms with Crippen LogP contribution in [0.1, 0.15) is 0 Å². The molecule has 1 amide bonds. The van der Waals surface area contributed by atoms with Crippen LogP contribution < -0.4 is 0 Å². The summed E-state index contributed by atoms with van der Waals surface area (Å²) in [6.07, 6.45) is 0. The van der Waals surface area contributed by atoms with Crippen LogP contribution in [0.4, 0.5) is 0 Å². The first-order valence-electron chi connectivity index (χ1n) is 5.57. The maximum atomic E-state index is 11.8. The van der Waals surface area contributed by atoms with Gasteiger partial charge < -0.3 is 19.8 Å². The molecule has 0 aliphatic carbocycles. The summed E-state index contributed by atoms with van der Waals surface area (Å²) in [5, 5.41) is 17.6. The Morgan fingerprint density at radius 3 is 2.25 bits per heavy atom. The number of carbonyl (C=O) groups is 1. The van der Waals surface area contributed by atoms with Crippen molar-refractivity contribution in [3.63, 3.8) is 0 Å². The minimum Gasteiger partial charge on any atom is -0.395 e. The Morgan fingerprint density at radius 2 is 1.75 bits per heavy atom. The molecule has 1 aliphatic heterocycles. The second-order valence-electron chi connectivity index (χ2n) is 3.72. The molecule has 1 rings (SSSR count). The third-order valence-corrected chi connectivity index (χ3v) is 2.56. The average molecular weight is 232 g/mol. The highest BCUT2D eigenvalue weighted by Crippen LogP contribution is 1.99. The molecule has 6 heteroatoms. The van der Waals surface area contributed by atoms with E-state index in [4.69, 9.17) is 14.9 Å². The summed E-state index contributed by atoms with van der Waals surface area (Å²) in [6, 6.07) is 0. The zero-order chi connectivity index (χ0) is 11.8. The third kappa shape index (κ3) is 4.44. The Hall–Kier alpha value is -0.690. The van der Waals surface area contributed by atoms with Crippen molar-refractivity contribution in [3.05, 3.63) is 0 Å². The van der Waals surface area contributed by atoms with Gasteiger partial charge in [-0.15, -0.1) is 0 Å². The molecule has 2 N–H and O–H groups in total. The van der Waals surface area contributed by atoms with Crippen LogP contribution >= 0.6 is 0 Å². The van der Waals surface area contributed by atoms with E-state index in [1.165, 1.54) is 0 Å². The summed E-state index contributed by atoms with van der Waals surface area (Å²) in [5.74, 6) is 0.0326. The Labute approximate surface area is 95.4 Å². The molecular formula is C10H20N2O4. The van der Waals surface area contributed by atoms with Gasteiger partial charge in [-0.05, 0) is 0 Å². The van der Waals surface area contributed by atoms with Gasteiger partial charge in [0.05, 0.1) is 33.0 Å². The van der Waals surface area contributed by atoms with Gasteiger partial charge in [0.1, 0.15) is 0 Å². The molecule has 0 bridgehead atoms. The highest BCUT2D eigenvalue weighted by Gasteiger charge is 2.18. The Balaban J connectivity index is 2.33. The zero-order valence-corrected chi connectivity index (χ0v) is 9.47. The topological polar surface area (TPSA) is 73.2 Å². The van der Waals surface area contributed by atoms with Crippen molar-refractivity contribution in [2.24, 2.45) is 0 Å². The van der Waals surface area contributed by atoms with E-state index in [1.54, 1.807) is 9.80 Å². The molecule has 0 aromatic rings. The highest BCUT2D eigenvalue weighted by atomic mass is 16.5. The zero-order valence-electron chi connectivity index (χ0n) is 9.47. The molecule has 16 heavy (non-hydrogen) atoms. The lowest BCUT2D eigenvalue weighted by Crippen LogP contribution is -2.46. The molecule has 1 fully saturated rings. The summed E-state index contributed by atoms with van der Waals surface area (Å²) in [6.45, 7) is 3.51. The van der Waals surface area contributed by atoms with Gasteiger partial charge in [0, 0.05) is 26.2 Å². The van der Waals surface area contributed by atoms with Gasteiger partial charge >= 0.3 is 0 Å². The number of amides is 1. The number of morpholine rings is 1. The fourth-order valence-corrected chi connectivity index (χ4v) is 1.66. The number of ether oxygens (including phenoxy) is 1. The van der Waals surface area contributed by atoms with E-state index in [0.717, 1.165) is 0 Å². The second-order valence-corrected chi connectivity index (χ2v) is 3.72. The average Bonchev–Trinajstić information content (AvgIpc) is 2.31. The fraction of sp³-hybridized carbons (Fsp3) is 0.900. The molecule has 6 nitrogen and oxygen atoms in total. The van der Waals surface area contributed by atoms with Gasteiger partial charge in [0.2, 0.25) is 5.91 Å². The minimum absolute atomic E-state index is 0.00358. The summed E-state index contributed by atoms with van der Waals surface area (Å²) < 4.78 is 5.16. The quantitative estimate of drug-likeness (QED) is 0.561. The minimum atomic E-state index is -0.00358. The first-order valence-corrected chi connectivity index (χ1v) is 5.57. The van der Waals surface area contributed by atoms with Gasteiger partial charge in [-0.1, -0.05) is 0 Å². The molecule has 0 saturated carbocycles. The van der Waals surface area contributed by atoms with Gasteiger partial charge in [0.25, 0.3) is 0 Å². The number of hydrogen-bond acceptors (Lipinski definition) is 5. The number of carbonyl (C=O) groups excluding carboxylic acids is 1.